The van der Waals surface area contributed by atoms with Crippen LogP contribution >= 0.6 is 11.6 Å². The molecule has 2 atom stereocenters. The molecular weight excluding hydrogens is 377 g/mol. The molecule has 3 heterocycles. The van der Waals surface area contributed by atoms with Crippen molar-refractivity contribution in [3.63, 3.8) is 0 Å². The van der Waals surface area contributed by atoms with Gasteiger partial charge in [-0.05, 0) is 24.3 Å². The topological polar surface area (TPSA) is 88.7 Å². The lowest BCUT2D eigenvalue weighted by molar-refractivity contribution is 0.0758. The van der Waals surface area contributed by atoms with Gasteiger partial charge in [0.15, 0.2) is 12.3 Å². The number of aromatic nitrogens is 2. The second-order valence-electron chi connectivity index (χ2n) is 6.15. The molecule has 9 heteroatoms. The fraction of sp³-hybridized carbons (Fsp3) is 0.278. The van der Waals surface area contributed by atoms with Gasteiger partial charge in [0.2, 0.25) is 5.89 Å². The number of amides is 1. The molecule has 1 fully saturated rings. The van der Waals surface area contributed by atoms with Crippen molar-refractivity contribution in [1.29, 1.82) is 0 Å². The zero-order chi connectivity index (χ0) is 19.0. The summed E-state index contributed by atoms with van der Waals surface area (Å²) in [5.74, 6) is 0.195. The van der Waals surface area contributed by atoms with Crippen molar-refractivity contribution in [2.75, 3.05) is 13.1 Å². The van der Waals surface area contributed by atoms with Gasteiger partial charge in [0, 0.05) is 11.6 Å². The first-order valence-electron chi connectivity index (χ1n) is 8.25. The number of benzene rings is 1. The zero-order valence-corrected chi connectivity index (χ0v) is 14.8. The van der Waals surface area contributed by atoms with Gasteiger partial charge in [0.25, 0.3) is 5.91 Å². The average Bonchev–Trinajstić information content (AvgIpc) is 3.28. The second-order valence-corrected chi connectivity index (χ2v) is 6.56. The Morgan fingerprint density at radius 3 is 3.04 bits per heavy atom. The number of rotatable bonds is 4. The lowest BCUT2D eigenvalue weighted by Gasteiger charge is -2.12. The molecule has 27 heavy (non-hydrogen) atoms. The Balaban J connectivity index is 1.46. The number of carbonyl (C=O) groups is 1. The van der Waals surface area contributed by atoms with Gasteiger partial charge in [-0.25, -0.2) is 9.37 Å². The highest BCUT2D eigenvalue weighted by molar-refractivity contribution is 6.35. The highest BCUT2D eigenvalue weighted by atomic mass is 35.5. The fourth-order valence-electron chi connectivity index (χ4n) is 2.92. The largest absolute Gasteiger partial charge is 0.482 e. The minimum Gasteiger partial charge on any atom is -0.482 e. The van der Waals surface area contributed by atoms with Crippen LogP contribution < -0.4 is 4.74 Å². The van der Waals surface area contributed by atoms with E-state index < -0.39 is 18.2 Å². The maximum absolute atomic E-state index is 13.4. The average molecular weight is 392 g/mol. The first-order chi connectivity index (χ1) is 13.0. The van der Waals surface area contributed by atoms with Crippen LogP contribution in [0.1, 0.15) is 16.4 Å². The van der Waals surface area contributed by atoms with Gasteiger partial charge in [-0.3, -0.25) is 9.78 Å². The van der Waals surface area contributed by atoms with Gasteiger partial charge in [-0.1, -0.05) is 11.6 Å². The van der Waals surface area contributed by atoms with Crippen molar-refractivity contribution in [2.45, 2.75) is 18.9 Å². The van der Waals surface area contributed by atoms with Crippen LogP contribution in [-0.2, 0) is 6.61 Å². The van der Waals surface area contributed by atoms with Crippen molar-refractivity contribution < 1.29 is 23.4 Å². The zero-order valence-electron chi connectivity index (χ0n) is 14.0. The van der Waals surface area contributed by atoms with E-state index in [0.717, 1.165) is 5.39 Å². The molecule has 0 radical (unpaired) electrons. The third-order valence-electron chi connectivity index (χ3n) is 4.31. The Hall–Kier alpha value is -2.71. The summed E-state index contributed by atoms with van der Waals surface area (Å²) in [7, 11) is 0. The van der Waals surface area contributed by atoms with Crippen LogP contribution in [0.2, 0.25) is 5.02 Å². The molecule has 1 aromatic carbocycles. The summed E-state index contributed by atoms with van der Waals surface area (Å²) in [6.07, 6.45) is 0.205. The summed E-state index contributed by atoms with van der Waals surface area (Å²) >= 11 is 6.15. The predicted molar refractivity (Wildman–Crippen MR) is 94.4 cm³/mol. The molecule has 4 rings (SSSR count). The molecule has 0 spiro atoms. The Bertz CT molecular complexity index is 986. The Morgan fingerprint density at radius 2 is 2.26 bits per heavy atom. The van der Waals surface area contributed by atoms with Gasteiger partial charge >= 0.3 is 0 Å². The molecule has 1 amide bonds. The highest BCUT2D eigenvalue weighted by Gasteiger charge is 2.35. The number of oxazole rings is 1. The number of fused-ring (bicyclic) bond motifs is 1. The number of halogens is 2. The van der Waals surface area contributed by atoms with Crippen LogP contribution in [0, 0.1) is 0 Å². The smallest absolute Gasteiger partial charge is 0.276 e. The number of alkyl halides is 1. The normalized spacial score (nSPS) is 19.6. The molecule has 7 nitrogen and oxygen atoms in total. The third kappa shape index (κ3) is 3.45. The summed E-state index contributed by atoms with van der Waals surface area (Å²) in [6.45, 7) is -0.253. The van der Waals surface area contributed by atoms with Crippen molar-refractivity contribution in [3.8, 4) is 5.75 Å². The Kier molecular flexibility index (Phi) is 4.67. The lowest BCUT2D eigenvalue weighted by atomic mass is 10.2. The fourth-order valence-corrected chi connectivity index (χ4v) is 3.13. The van der Waals surface area contributed by atoms with Crippen LogP contribution in [-0.4, -0.2) is 51.2 Å². The van der Waals surface area contributed by atoms with Crippen molar-refractivity contribution in [1.82, 2.24) is 14.9 Å². The van der Waals surface area contributed by atoms with Crippen molar-refractivity contribution in [2.24, 2.45) is 0 Å². The number of hydrogen-bond acceptors (Lipinski definition) is 6. The first kappa shape index (κ1) is 17.7. The molecule has 140 valence electrons. The number of hydrogen-bond donors (Lipinski definition) is 1. The molecule has 0 bridgehead atoms. The molecule has 1 N–H and O–H groups in total. The molecule has 3 aromatic rings. The molecule has 0 aliphatic carbocycles. The van der Waals surface area contributed by atoms with E-state index >= 15 is 0 Å². The SMILES string of the molecule is O=C(c1coc(COc2ccc(Cl)c3cccnc23)n1)N1C[C@@H](O)[C@H](F)C1. The molecule has 2 aromatic heterocycles. The van der Waals surface area contributed by atoms with E-state index in [1.165, 1.54) is 11.2 Å². The van der Waals surface area contributed by atoms with E-state index in [2.05, 4.69) is 9.97 Å². The van der Waals surface area contributed by atoms with Crippen LogP contribution in [0.3, 0.4) is 0 Å². The molecule has 0 unspecified atom stereocenters. The number of carbonyl (C=O) groups excluding carboxylic acids is 1. The lowest BCUT2D eigenvalue weighted by Crippen LogP contribution is -2.29. The molecule has 1 aliphatic heterocycles. The van der Waals surface area contributed by atoms with E-state index in [1.807, 2.05) is 6.07 Å². The monoisotopic (exact) mass is 391 g/mol. The van der Waals surface area contributed by atoms with Crippen LogP contribution in [0.4, 0.5) is 4.39 Å². The first-order valence-corrected chi connectivity index (χ1v) is 8.62. The number of β-amino-alcohol motifs (C(OH)–C–C–N with tert-alkyl or cyclic N) is 1. The van der Waals surface area contributed by atoms with Crippen LogP contribution in [0.5, 0.6) is 5.75 Å². The van der Waals surface area contributed by atoms with E-state index in [-0.39, 0.29) is 31.3 Å². The van der Waals surface area contributed by atoms with Gasteiger partial charge in [-0.15, -0.1) is 0 Å². The highest BCUT2D eigenvalue weighted by Crippen LogP contribution is 2.30. The predicted octanol–water partition coefficient (Wildman–Crippen LogP) is 2.61. The van der Waals surface area contributed by atoms with Gasteiger partial charge in [-0.2, -0.15) is 0 Å². The number of nitrogens with zero attached hydrogens (tertiary/aromatic N) is 3. The van der Waals surface area contributed by atoms with Crippen LogP contribution in [0.15, 0.2) is 41.1 Å². The Labute approximate surface area is 158 Å². The number of pyridine rings is 1. The summed E-state index contributed by atoms with van der Waals surface area (Å²) in [6, 6.07) is 7.01. The molecular formula is C18H15ClFN3O4. The second kappa shape index (κ2) is 7.13. The van der Waals surface area contributed by atoms with Gasteiger partial charge in [0.05, 0.1) is 18.1 Å². The minimum atomic E-state index is -1.45. The summed E-state index contributed by atoms with van der Waals surface area (Å²) < 4.78 is 24.4. The summed E-state index contributed by atoms with van der Waals surface area (Å²) in [5, 5.41) is 10.8. The van der Waals surface area contributed by atoms with E-state index in [9.17, 15) is 14.3 Å². The van der Waals surface area contributed by atoms with Crippen LogP contribution in [0.25, 0.3) is 10.9 Å². The van der Waals surface area contributed by atoms with E-state index in [4.69, 9.17) is 20.8 Å². The number of ether oxygens (including phenoxy) is 1. The summed E-state index contributed by atoms with van der Waals surface area (Å²) in [5.41, 5.74) is 0.641. The third-order valence-corrected chi connectivity index (χ3v) is 4.64. The summed E-state index contributed by atoms with van der Waals surface area (Å²) in [4.78, 5) is 21.9. The molecule has 1 saturated heterocycles. The number of aliphatic hydroxyl groups is 1. The van der Waals surface area contributed by atoms with Gasteiger partial charge in [0.1, 0.15) is 29.8 Å². The quantitative estimate of drug-likeness (QED) is 0.735. The maximum atomic E-state index is 13.4. The van der Waals surface area contributed by atoms with Gasteiger partial charge < -0.3 is 19.2 Å². The standard InChI is InChI=1S/C18H15ClFN3O4/c19-11-3-4-15(17-10(11)2-1-5-21-17)26-9-16-22-13(8-27-16)18(25)23-6-12(20)14(24)7-23/h1-5,8,12,14,24H,6-7,9H2/t12-,14-/m1/s1. The maximum Gasteiger partial charge on any atom is 0.276 e. The minimum absolute atomic E-state index is 0.0189. The Morgan fingerprint density at radius 1 is 1.41 bits per heavy atom. The van der Waals surface area contributed by atoms with E-state index in [0.29, 0.717) is 16.3 Å². The van der Waals surface area contributed by atoms with E-state index in [1.54, 1.807) is 24.4 Å². The molecule has 1 aliphatic rings. The number of likely N-dealkylation sites (tertiary alicyclic amines) is 1. The van der Waals surface area contributed by atoms with Crippen molar-refractivity contribution in [3.05, 3.63) is 53.3 Å². The molecule has 0 saturated carbocycles. The van der Waals surface area contributed by atoms with Crippen molar-refractivity contribution >= 4 is 28.4 Å². The number of aliphatic hydroxyl groups excluding tert-OH is 1.